The fourth-order valence-corrected chi connectivity index (χ4v) is 1.64. The highest BCUT2D eigenvalue weighted by Crippen LogP contribution is 2.07. The molecule has 0 N–H and O–H groups in total. The standard InChI is InChI=1S/C14H32N2O2.2HI/c1-8-15(4,5)10-11-18-14(17)13(3)12-16(6,7)9-2;;/h13H,8-12H2,1-7H3;2*1H/q+2;;/p-2. The van der Waals surface area contributed by atoms with Crippen molar-refractivity contribution in [1.82, 2.24) is 0 Å². The molecule has 0 fully saturated rings. The Balaban J connectivity index is -0.00000144. The van der Waals surface area contributed by atoms with Crippen molar-refractivity contribution >= 4 is 5.97 Å². The zero-order valence-electron chi connectivity index (χ0n) is 14.1. The molecule has 0 radical (unpaired) electrons. The monoisotopic (exact) mass is 514 g/mol. The minimum atomic E-state index is -0.0641. The van der Waals surface area contributed by atoms with E-state index in [2.05, 4.69) is 42.0 Å². The molecule has 0 aliphatic rings. The Morgan fingerprint density at radius 2 is 1.45 bits per heavy atom. The van der Waals surface area contributed by atoms with Gasteiger partial charge in [-0.2, -0.15) is 0 Å². The molecule has 4 nitrogen and oxygen atoms in total. The number of ether oxygens (including phenoxy) is 1. The van der Waals surface area contributed by atoms with Gasteiger partial charge in [0, 0.05) is 0 Å². The first-order valence-corrected chi connectivity index (χ1v) is 6.94. The number of rotatable bonds is 8. The van der Waals surface area contributed by atoms with Gasteiger partial charge in [0.1, 0.15) is 19.1 Å². The Morgan fingerprint density at radius 1 is 1.00 bits per heavy atom. The Morgan fingerprint density at radius 3 is 1.85 bits per heavy atom. The molecular formula is C14H32I2N2O2. The normalized spacial score (nSPS) is 12.9. The molecule has 124 valence electrons. The van der Waals surface area contributed by atoms with Crippen LogP contribution in [0.4, 0.5) is 0 Å². The third kappa shape index (κ3) is 11.5. The average molecular weight is 514 g/mol. The van der Waals surface area contributed by atoms with Gasteiger partial charge in [-0.3, -0.25) is 4.79 Å². The Hall–Kier alpha value is 0.850. The number of carbonyl (C=O) groups excluding carboxylic acids is 1. The van der Waals surface area contributed by atoms with Crippen LogP contribution in [-0.2, 0) is 9.53 Å². The van der Waals surface area contributed by atoms with Gasteiger partial charge in [-0.15, -0.1) is 0 Å². The summed E-state index contributed by atoms with van der Waals surface area (Å²) in [6, 6.07) is 0. The van der Waals surface area contributed by atoms with Crippen molar-refractivity contribution in [3.8, 4) is 0 Å². The van der Waals surface area contributed by atoms with Crippen LogP contribution in [0.1, 0.15) is 20.8 Å². The number of hydrogen-bond acceptors (Lipinski definition) is 2. The molecule has 1 atom stereocenters. The van der Waals surface area contributed by atoms with E-state index in [1.807, 2.05) is 6.92 Å². The Kier molecular flexibility index (Phi) is 14.7. The van der Waals surface area contributed by atoms with Crippen LogP contribution in [0.2, 0.25) is 0 Å². The molecule has 0 saturated carbocycles. The van der Waals surface area contributed by atoms with Crippen molar-refractivity contribution in [2.45, 2.75) is 20.8 Å². The highest BCUT2D eigenvalue weighted by Gasteiger charge is 2.24. The first kappa shape index (κ1) is 25.8. The molecule has 0 aromatic heterocycles. The van der Waals surface area contributed by atoms with Crippen molar-refractivity contribution in [2.24, 2.45) is 5.92 Å². The fourth-order valence-electron chi connectivity index (χ4n) is 1.64. The summed E-state index contributed by atoms with van der Waals surface area (Å²) in [5, 5.41) is 0. The Labute approximate surface area is 159 Å². The van der Waals surface area contributed by atoms with Gasteiger partial charge in [-0.05, 0) is 20.8 Å². The van der Waals surface area contributed by atoms with Gasteiger partial charge in [0.25, 0.3) is 0 Å². The van der Waals surface area contributed by atoms with Gasteiger partial charge in [0.2, 0.25) is 0 Å². The van der Waals surface area contributed by atoms with Gasteiger partial charge >= 0.3 is 5.97 Å². The highest BCUT2D eigenvalue weighted by atomic mass is 127. The van der Waals surface area contributed by atoms with E-state index in [0.717, 1.165) is 35.1 Å². The Bertz CT molecular complexity index is 272. The molecule has 0 heterocycles. The molecule has 0 saturated heterocycles. The summed E-state index contributed by atoms with van der Waals surface area (Å²) in [6.45, 7) is 10.5. The van der Waals surface area contributed by atoms with E-state index in [0.29, 0.717) is 6.61 Å². The largest absolute Gasteiger partial charge is 1.00 e. The van der Waals surface area contributed by atoms with E-state index in [4.69, 9.17) is 4.74 Å². The molecule has 0 aromatic rings. The van der Waals surface area contributed by atoms with Gasteiger partial charge in [-0.25, -0.2) is 0 Å². The predicted octanol–water partition coefficient (Wildman–Crippen LogP) is -4.63. The fraction of sp³-hybridized carbons (Fsp3) is 0.929. The zero-order valence-corrected chi connectivity index (χ0v) is 18.4. The molecule has 20 heavy (non-hydrogen) atoms. The second-order valence-corrected chi connectivity index (χ2v) is 6.48. The number of halogens is 2. The van der Waals surface area contributed by atoms with Crippen molar-refractivity contribution in [1.29, 1.82) is 0 Å². The van der Waals surface area contributed by atoms with Crippen molar-refractivity contribution in [2.75, 3.05) is 61.0 Å². The molecule has 0 amide bonds. The zero-order chi connectivity index (χ0) is 14.4. The second kappa shape index (κ2) is 11.4. The number of esters is 1. The van der Waals surface area contributed by atoms with Crippen molar-refractivity contribution in [3.05, 3.63) is 0 Å². The number of nitrogens with zero attached hydrogens (tertiary/aromatic N) is 2. The summed E-state index contributed by atoms with van der Waals surface area (Å²) in [5.74, 6) is -0.0945. The minimum Gasteiger partial charge on any atom is -1.00 e. The third-order valence-corrected chi connectivity index (χ3v) is 3.82. The average Bonchev–Trinajstić information content (AvgIpc) is 2.28. The van der Waals surface area contributed by atoms with Crippen LogP contribution in [0.3, 0.4) is 0 Å². The van der Waals surface area contributed by atoms with E-state index < -0.39 is 0 Å². The van der Waals surface area contributed by atoms with Crippen LogP contribution in [-0.4, -0.2) is 75.9 Å². The lowest BCUT2D eigenvalue weighted by Gasteiger charge is -2.31. The van der Waals surface area contributed by atoms with Crippen LogP contribution in [0.15, 0.2) is 0 Å². The smallest absolute Gasteiger partial charge is 0.314 e. The summed E-state index contributed by atoms with van der Waals surface area (Å²) in [7, 11) is 8.57. The highest BCUT2D eigenvalue weighted by molar-refractivity contribution is 5.72. The third-order valence-electron chi connectivity index (χ3n) is 3.82. The summed E-state index contributed by atoms with van der Waals surface area (Å²) < 4.78 is 7.11. The minimum absolute atomic E-state index is 0. The van der Waals surface area contributed by atoms with Crippen molar-refractivity contribution < 1.29 is 66.5 Å². The van der Waals surface area contributed by atoms with Crippen LogP contribution >= 0.6 is 0 Å². The van der Waals surface area contributed by atoms with Crippen LogP contribution in [0, 0.1) is 5.92 Å². The lowest BCUT2D eigenvalue weighted by molar-refractivity contribution is -0.891. The molecule has 0 aromatic carbocycles. The molecule has 0 spiro atoms. The van der Waals surface area contributed by atoms with E-state index in [1.165, 1.54) is 0 Å². The van der Waals surface area contributed by atoms with Crippen LogP contribution in [0.5, 0.6) is 0 Å². The molecule has 0 rings (SSSR count). The van der Waals surface area contributed by atoms with Gasteiger partial charge < -0.3 is 61.7 Å². The molecule has 0 aliphatic carbocycles. The summed E-state index contributed by atoms with van der Waals surface area (Å²) in [6.07, 6.45) is 0. The maximum Gasteiger partial charge on any atom is 0.314 e. The summed E-state index contributed by atoms with van der Waals surface area (Å²) in [5.41, 5.74) is 0. The van der Waals surface area contributed by atoms with E-state index in [-0.39, 0.29) is 59.8 Å². The maximum absolute atomic E-state index is 11.9. The van der Waals surface area contributed by atoms with Crippen LogP contribution in [0.25, 0.3) is 0 Å². The maximum atomic E-state index is 11.9. The number of hydrogen-bond donors (Lipinski definition) is 0. The van der Waals surface area contributed by atoms with Crippen molar-refractivity contribution in [3.63, 3.8) is 0 Å². The van der Waals surface area contributed by atoms with E-state index >= 15 is 0 Å². The summed E-state index contributed by atoms with van der Waals surface area (Å²) >= 11 is 0. The van der Waals surface area contributed by atoms with E-state index in [9.17, 15) is 4.79 Å². The number of carbonyl (C=O) groups is 1. The summed E-state index contributed by atoms with van der Waals surface area (Å²) in [4.78, 5) is 11.9. The molecule has 6 heteroatoms. The van der Waals surface area contributed by atoms with E-state index in [1.54, 1.807) is 0 Å². The van der Waals surface area contributed by atoms with Crippen LogP contribution < -0.4 is 48.0 Å². The topological polar surface area (TPSA) is 26.3 Å². The lowest BCUT2D eigenvalue weighted by atomic mass is 10.1. The van der Waals surface area contributed by atoms with Gasteiger partial charge in [-0.1, -0.05) is 0 Å². The number of likely N-dealkylation sites (N-methyl/N-ethyl adjacent to an activating group) is 1. The molecule has 1 unspecified atom stereocenters. The molecule has 0 aliphatic heterocycles. The second-order valence-electron chi connectivity index (χ2n) is 6.48. The quantitative estimate of drug-likeness (QED) is 0.185. The lowest BCUT2D eigenvalue weighted by Crippen LogP contribution is -3.00. The van der Waals surface area contributed by atoms with Gasteiger partial charge in [0.05, 0.1) is 47.8 Å². The molecule has 0 bridgehead atoms. The first-order valence-electron chi connectivity index (χ1n) is 6.94. The number of quaternary nitrogens is 2. The van der Waals surface area contributed by atoms with Gasteiger partial charge in [0.15, 0.2) is 0 Å². The first-order chi connectivity index (χ1) is 8.13. The molecular weight excluding hydrogens is 482 g/mol. The SMILES string of the molecule is CC[N+](C)(C)CCOC(=O)C(C)C[N+](C)(C)CC.[I-].[I-]. The predicted molar refractivity (Wildman–Crippen MR) is 75.2 cm³/mol.